The van der Waals surface area contributed by atoms with Gasteiger partial charge in [0, 0.05) is 18.5 Å². The van der Waals surface area contributed by atoms with Crippen molar-refractivity contribution in [2.75, 3.05) is 0 Å². The van der Waals surface area contributed by atoms with Crippen LogP contribution >= 0.6 is 0 Å². The first-order valence-electron chi connectivity index (χ1n) is 6.98. The van der Waals surface area contributed by atoms with Gasteiger partial charge in [-0.3, -0.25) is 19.7 Å². The van der Waals surface area contributed by atoms with Crippen molar-refractivity contribution in [2.45, 2.75) is 31.8 Å². The summed E-state index contributed by atoms with van der Waals surface area (Å²) in [5, 5.41) is 2.31. The Bertz CT molecular complexity index is 651. The van der Waals surface area contributed by atoms with Crippen LogP contribution in [0.15, 0.2) is 30.9 Å². The number of benzene rings is 1. The van der Waals surface area contributed by atoms with E-state index in [0.717, 1.165) is 11.1 Å². The predicted molar refractivity (Wildman–Crippen MR) is 76.4 cm³/mol. The zero-order valence-electron chi connectivity index (χ0n) is 11.6. The summed E-state index contributed by atoms with van der Waals surface area (Å²) in [7, 11) is 0. The maximum atomic E-state index is 12.5. The molecule has 2 aliphatic rings. The van der Waals surface area contributed by atoms with Crippen molar-refractivity contribution >= 4 is 17.7 Å². The Morgan fingerprint density at radius 3 is 2.86 bits per heavy atom. The van der Waals surface area contributed by atoms with Crippen LogP contribution in [0.1, 0.15) is 34.3 Å². The average Bonchev–Trinajstić information content (AvgIpc) is 2.78. The standard InChI is InChI=1S/C16H16N2O3/c1-2-4-10-5-3-6-11-12(10)9-18(16(11)21)13-7-8-14(19)17-15(13)20/h2-3,5-6,13H,1,4,7-9H2,(H,17,19,20). The second-order valence-electron chi connectivity index (χ2n) is 5.34. The number of imide groups is 1. The lowest BCUT2D eigenvalue weighted by molar-refractivity contribution is -0.136. The quantitative estimate of drug-likeness (QED) is 0.669. The summed E-state index contributed by atoms with van der Waals surface area (Å²) in [4.78, 5) is 37.3. The molecular formula is C16H16N2O3. The Morgan fingerprint density at radius 1 is 1.33 bits per heavy atom. The van der Waals surface area contributed by atoms with Crippen molar-refractivity contribution in [3.63, 3.8) is 0 Å². The average molecular weight is 284 g/mol. The number of hydrogen-bond donors (Lipinski definition) is 1. The largest absolute Gasteiger partial charge is 0.322 e. The molecule has 2 aliphatic heterocycles. The molecule has 1 fully saturated rings. The molecule has 108 valence electrons. The van der Waals surface area contributed by atoms with Crippen LogP contribution in [0.4, 0.5) is 0 Å². The molecular weight excluding hydrogens is 268 g/mol. The van der Waals surface area contributed by atoms with Gasteiger partial charge in [0.25, 0.3) is 5.91 Å². The Balaban J connectivity index is 1.90. The number of hydrogen-bond acceptors (Lipinski definition) is 3. The molecule has 0 saturated carbocycles. The van der Waals surface area contributed by atoms with Gasteiger partial charge >= 0.3 is 0 Å². The summed E-state index contributed by atoms with van der Waals surface area (Å²) in [5.41, 5.74) is 2.68. The van der Waals surface area contributed by atoms with Gasteiger partial charge in [-0.15, -0.1) is 6.58 Å². The Kier molecular flexibility index (Phi) is 3.33. The predicted octanol–water partition coefficient (Wildman–Crippen LogP) is 1.18. The number of carbonyl (C=O) groups is 3. The minimum absolute atomic E-state index is 0.134. The van der Waals surface area contributed by atoms with E-state index in [2.05, 4.69) is 11.9 Å². The minimum Gasteiger partial charge on any atom is -0.322 e. The van der Waals surface area contributed by atoms with Gasteiger partial charge in [0.1, 0.15) is 6.04 Å². The van der Waals surface area contributed by atoms with Gasteiger partial charge in [-0.25, -0.2) is 0 Å². The van der Waals surface area contributed by atoms with Crippen molar-refractivity contribution in [3.8, 4) is 0 Å². The number of nitrogens with one attached hydrogen (secondary N) is 1. The van der Waals surface area contributed by atoms with E-state index in [4.69, 9.17) is 0 Å². The highest BCUT2D eigenvalue weighted by Crippen LogP contribution is 2.30. The summed E-state index contributed by atoms with van der Waals surface area (Å²) in [6.07, 6.45) is 3.16. The van der Waals surface area contributed by atoms with Crippen molar-refractivity contribution in [1.29, 1.82) is 0 Å². The smallest absolute Gasteiger partial charge is 0.255 e. The van der Waals surface area contributed by atoms with E-state index in [9.17, 15) is 14.4 Å². The molecule has 0 spiro atoms. The lowest BCUT2D eigenvalue weighted by atomic mass is 10.0. The summed E-state index contributed by atoms with van der Waals surface area (Å²) in [6.45, 7) is 4.15. The third-order valence-electron chi connectivity index (χ3n) is 4.04. The molecule has 2 heterocycles. The van der Waals surface area contributed by atoms with Crippen LogP contribution in [0.25, 0.3) is 0 Å². The monoisotopic (exact) mass is 284 g/mol. The molecule has 1 aromatic rings. The molecule has 1 aromatic carbocycles. The SMILES string of the molecule is C=CCc1cccc2c1CN(C1CCC(=O)NC1=O)C2=O. The van der Waals surface area contributed by atoms with Crippen molar-refractivity contribution in [3.05, 3.63) is 47.5 Å². The molecule has 1 atom stereocenters. The molecule has 5 heteroatoms. The van der Waals surface area contributed by atoms with Crippen molar-refractivity contribution in [2.24, 2.45) is 0 Å². The highest BCUT2D eigenvalue weighted by Gasteiger charge is 2.39. The first-order chi connectivity index (χ1) is 10.1. The highest BCUT2D eigenvalue weighted by molar-refractivity contribution is 6.05. The van der Waals surface area contributed by atoms with E-state index in [-0.39, 0.29) is 24.1 Å². The zero-order valence-corrected chi connectivity index (χ0v) is 11.6. The molecule has 21 heavy (non-hydrogen) atoms. The van der Waals surface area contributed by atoms with E-state index in [1.807, 2.05) is 12.1 Å². The number of allylic oxidation sites excluding steroid dienone is 1. The number of amides is 3. The van der Waals surface area contributed by atoms with E-state index >= 15 is 0 Å². The molecule has 1 N–H and O–H groups in total. The summed E-state index contributed by atoms with van der Waals surface area (Å²) < 4.78 is 0. The fraction of sp³-hybridized carbons (Fsp3) is 0.312. The molecule has 1 saturated heterocycles. The fourth-order valence-electron chi connectivity index (χ4n) is 3.00. The van der Waals surface area contributed by atoms with E-state index < -0.39 is 6.04 Å². The number of fused-ring (bicyclic) bond motifs is 1. The maximum absolute atomic E-state index is 12.5. The lowest BCUT2D eigenvalue weighted by Crippen LogP contribution is -2.52. The zero-order chi connectivity index (χ0) is 15.0. The van der Waals surface area contributed by atoms with Crippen molar-refractivity contribution < 1.29 is 14.4 Å². The number of carbonyl (C=O) groups excluding carboxylic acids is 3. The van der Waals surface area contributed by atoms with Gasteiger partial charge in [-0.1, -0.05) is 18.2 Å². The maximum Gasteiger partial charge on any atom is 0.255 e. The van der Waals surface area contributed by atoms with Gasteiger partial charge in [-0.05, 0) is 30.0 Å². The van der Waals surface area contributed by atoms with Gasteiger partial charge < -0.3 is 4.90 Å². The van der Waals surface area contributed by atoms with Crippen molar-refractivity contribution in [1.82, 2.24) is 10.2 Å². The normalized spacial score (nSPS) is 21.2. The lowest BCUT2D eigenvalue weighted by Gasteiger charge is -2.29. The van der Waals surface area contributed by atoms with E-state index in [1.54, 1.807) is 17.0 Å². The molecule has 5 nitrogen and oxygen atoms in total. The van der Waals surface area contributed by atoms with Gasteiger partial charge in [0.05, 0.1) is 0 Å². The highest BCUT2D eigenvalue weighted by atomic mass is 16.2. The summed E-state index contributed by atoms with van der Waals surface area (Å²) in [6, 6.07) is 5.06. The third-order valence-corrected chi connectivity index (χ3v) is 4.04. The summed E-state index contributed by atoms with van der Waals surface area (Å²) >= 11 is 0. The second kappa shape index (κ2) is 5.16. The van der Waals surface area contributed by atoms with Gasteiger partial charge in [0.15, 0.2) is 0 Å². The Labute approximate surface area is 122 Å². The van der Waals surface area contributed by atoms with Crippen LogP contribution in [-0.4, -0.2) is 28.7 Å². The molecule has 3 rings (SSSR count). The van der Waals surface area contributed by atoms with E-state index in [0.29, 0.717) is 24.9 Å². The Morgan fingerprint density at radius 2 is 2.14 bits per heavy atom. The van der Waals surface area contributed by atoms with Crippen LogP contribution in [0.3, 0.4) is 0 Å². The van der Waals surface area contributed by atoms with Gasteiger partial charge in [-0.2, -0.15) is 0 Å². The van der Waals surface area contributed by atoms with Gasteiger partial charge in [0.2, 0.25) is 11.8 Å². The molecule has 1 unspecified atom stereocenters. The fourth-order valence-corrected chi connectivity index (χ4v) is 3.00. The number of nitrogens with zero attached hydrogens (tertiary/aromatic N) is 1. The molecule has 0 radical (unpaired) electrons. The Hall–Kier alpha value is -2.43. The third kappa shape index (κ3) is 2.24. The van der Waals surface area contributed by atoms with E-state index in [1.165, 1.54) is 0 Å². The topological polar surface area (TPSA) is 66.5 Å². The molecule has 0 aromatic heterocycles. The minimum atomic E-state index is -0.556. The van der Waals surface area contributed by atoms with Crippen LogP contribution in [0.5, 0.6) is 0 Å². The number of piperidine rings is 1. The molecule has 3 amide bonds. The number of rotatable bonds is 3. The molecule has 0 bridgehead atoms. The van der Waals surface area contributed by atoms with Crippen LogP contribution in [0, 0.1) is 0 Å². The molecule has 0 aliphatic carbocycles. The first-order valence-corrected chi connectivity index (χ1v) is 6.98. The van der Waals surface area contributed by atoms with Crippen LogP contribution in [0.2, 0.25) is 0 Å². The van der Waals surface area contributed by atoms with Crippen LogP contribution < -0.4 is 5.32 Å². The van der Waals surface area contributed by atoms with Crippen LogP contribution in [-0.2, 0) is 22.6 Å². The summed E-state index contributed by atoms with van der Waals surface area (Å²) in [5.74, 6) is -0.782. The second-order valence-corrected chi connectivity index (χ2v) is 5.34. The first kappa shape index (κ1) is 13.5.